The molecule has 3 aromatic heterocycles. The number of nitrogens with one attached hydrogen (secondary N) is 1. The number of anilines is 2. The molecule has 1 aliphatic rings. The summed E-state index contributed by atoms with van der Waals surface area (Å²) >= 11 is 0. The molecule has 1 fully saturated rings. The van der Waals surface area contributed by atoms with E-state index in [0.29, 0.717) is 5.82 Å². The summed E-state index contributed by atoms with van der Waals surface area (Å²) in [6.07, 6.45) is 3.09. The van der Waals surface area contributed by atoms with Crippen LogP contribution in [0.2, 0.25) is 0 Å². The maximum atomic E-state index is 15.0. The van der Waals surface area contributed by atoms with Crippen molar-refractivity contribution in [3.63, 3.8) is 0 Å². The molecule has 13 nitrogen and oxygen atoms in total. The van der Waals surface area contributed by atoms with Gasteiger partial charge in [-0.15, -0.1) is 5.10 Å². The first-order valence-electron chi connectivity index (χ1n) is 13.2. The molecule has 5 N–H and O–H groups in total. The summed E-state index contributed by atoms with van der Waals surface area (Å²) in [5.41, 5.74) is 4.59. The summed E-state index contributed by atoms with van der Waals surface area (Å²) < 4.78 is 27.5. The number of aliphatic hydroxyl groups is 1. The molecule has 6 rings (SSSR count). The Kier molecular flexibility index (Phi) is 7.21. The lowest BCUT2D eigenvalue weighted by Gasteiger charge is -2.40. The maximum Gasteiger partial charge on any atom is 0.260 e. The minimum Gasteiger partial charge on any atom is -0.507 e. The standard InChI is InChI=1S/C29H26FN7O6/c30-20-13-17(14-22-24(20)26(31)35-43-22)15-29(41,16-33-27(39)19-3-1-2-4-21(19)38)25-28(40)36(11-12-42-25)23-7-10-37(34-23)18-5-8-32-9-6-18/h1-10,13-14,25,38,41H,11-12,15-16H2,(H2,31,35)(H,33,39)/t25-,29?/m0/s1. The highest BCUT2D eigenvalue weighted by Crippen LogP contribution is 2.31. The number of morpholine rings is 1. The zero-order chi connectivity index (χ0) is 30.1. The Balaban J connectivity index is 1.31. The number of halogens is 1. The predicted octanol–water partition coefficient (Wildman–Crippen LogP) is 1.97. The van der Waals surface area contributed by atoms with Crippen LogP contribution in [0.3, 0.4) is 0 Å². The highest BCUT2D eigenvalue weighted by atomic mass is 19.1. The van der Waals surface area contributed by atoms with Gasteiger partial charge in [-0.3, -0.25) is 19.5 Å². The van der Waals surface area contributed by atoms with Crippen molar-refractivity contribution in [2.75, 3.05) is 30.3 Å². The van der Waals surface area contributed by atoms with Gasteiger partial charge in [-0.05, 0) is 42.0 Å². The monoisotopic (exact) mass is 587 g/mol. The molecule has 43 heavy (non-hydrogen) atoms. The smallest absolute Gasteiger partial charge is 0.260 e. The quantitative estimate of drug-likeness (QED) is 0.209. The van der Waals surface area contributed by atoms with E-state index < -0.39 is 35.9 Å². The highest BCUT2D eigenvalue weighted by molar-refractivity contribution is 5.98. The molecule has 0 aliphatic carbocycles. The number of aromatic hydroxyl groups is 1. The largest absolute Gasteiger partial charge is 0.507 e. The van der Waals surface area contributed by atoms with E-state index >= 15 is 0 Å². The second-order valence-corrected chi connectivity index (χ2v) is 10.1. The second kappa shape index (κ2) is 11.2. The van der Waals surface area contributed by atoms with Crippen molar-refractivity contribution in [3.8, 4) is 11.4 Å². The fourth-order valence-electron chi connectivity index (χ4n) is 5.09. The van der Waals surface area contributed by atoms with Crippen molar-refractivity contribution >= 4 is 34.4 Å². The van der Waals surface area contributed by atoms with Crippen LogP contribution in [0.5, 0.6) is 5.75 Å². The van der Waals surface area contributed by atoms with Crippen molar-refractivity contribution in [2.24, 2.45) is 0 Å². The van der Waals surface area contributed by atoms with E-state index in [1.807, 2.05) is 0 Å². The number of nitrogens with two attached hydrogens (primary N) is 1. The first kappa shape index (κ1) is 27.8. The van der Waals surface area contributed by atoms with Crippen LogP contribution in [0.25, 0.3) is 16.7 Å². The maximum absolute atomic E-state index is 15.0. The van der Waals surface area contributed by atoms with Gasteiger partial charge < -0.3 is 30.5 Å². The van der Waals surface area contributed by atoms with Gasteiger partial charge in [0, 0.05) is 31.1 Å². The summed E-state index contributed by atoms with van der Waals surface area (Å²) in [4.78, 5) is 32.2. The zero-order valence-electron chi connectivity index (χ0n) is 22.6. The minimum absolute atomic E-state index is 0.0129. The lowest BCUT2D eigenvalue weighted by Crippen LogP contribution is -2.63. The Morgan fingerprint density at radius 3 is 2.77 bits per heavy atom. The third-order valence-corrected chi connectivity index (χ3v) is 7.18. The minimum atomic E-state index is -2.09. The fraction of sp³-hybridized carbons (Fsp3) is 0.207. The molecule has 0 spiro atoms. The van der Waals surface area contributed by atoms with Crippen LogP contribution in [0.1, 0.15) is 15.9 Å². The van der Waals surface area contributed by atoms with E-state index in [9.17, 15) is 24.2 Å². The van der Waals surface area contributed by atoms with Crippen molar-refractivity contribution in [1.29, 1.82) is 0 Å². The van der Waals surface area contributed by atoms with E-state index in [1.54, 1.807) is 53.6 Å². The average molecular weight is 588 g/mol. The number of rotatable bonds is 8. The average Bonchev–Trinajstić information content (AvgIpc) is 3.64. The number of hydrogen-bond acceptors (Lipinski definition) is 10. The molecule has 4 heterocycles. The number of fused-ring (bicyclic) bond motifs is 1. The Morgan fingerprint density at radius 1 is 1.19 bits per heavy atom. The number of pyridine rings is 1. The van der Waals surface area contributed by atoms with Gasteiger partial charge in [-0.1, -0.05) is 17.3 Å². The van der Waals surface area contributed by atoms with Crippen LogP contribution in [-0.2, 0) is 16.0 Å². The number of phenolic OH excluding ortho intramolecular Hbond substituents is 1. The van der Waals surface area contributed by atoms with E-state index in [4.69, 9.17) is 15.0 Å². The van der Waals surface area contributed by atoms with Gasteiger partial charge in [0.1, 0.15) is 22.6 Å². The molecule has 1 unspecified atom stereocenters. The first-order valence-corrected chi connectivity index (χ1v) is 13.2. The van der Waals surface area contributed by atoms with Gasteiger partial charge >= 0.3 is 0 Å². The Bertz CT molecular complexity index is 1810. The number of benzene rings is 2. The van der Waals surface area contributed by atoms with E-state index in [1.165, 1.54) is 23.1 Å². The normalized spacial score (nSPS) is 16.7. The molecular formula is C29H26FN7O6. The lowest BCUT2D eigenvalue weighted by atomic mass is 9.86. The molecular weight excluding hydrogens is 561 g/mol. The summed E-state index contributed by atoms with van der Waals surface area (Å²) in [5, 5.41) is 32.8. The van der Waals surface area contributed by atoms with Crippen LogP contribution in [-0.4, -0.2) is 73.3 Å². The molecule has 0 bridgehead atoms. The molecule has 220 valence electrons. The number of carbonyl (C=O) groups excluding carboxylic acids is 2. The summed E-state index contributed by atoms with van der Waals surface area (Å²) in [6, 6.07) is 13.6. The van der Waals surface area contributed by atoms with Gasteiger partial charge in [0.25, 0.3) is 11.8 Å². The summed E-state index contributed by atoms with van der Waals surface area (Å²) in [6.45, 7) is -0.296. The molecule has 2 aromatic carbocycles. The molecule has 14 heteroatoms. The fourth-order valence-corrected chi connectivity index (χ4v) is 5.09. The van der Waals surface area contributed by atoms with Gasteiger partial charge in [-0.25, -0.2) is 9.07 Å². The number of amides is 2. The molecule has 2 atom stereocenters. The number of nitrogens with zero attached hydrogens (tertiary/aromatic N) is 5. The van der Waals surface area contributed by atoms with Gasteiger partial charge in [0.2, 0.25) is 0 Å². The van der Waals surface area contributed by atoms with E-state index in [-0.39, 0.29) is 53.2 Å². The number of hydrogen-bond donors (Lipinski definition) is 4. The summed E-state index contributed by atoms with van der Waals surface area (Å²) in [5.74, 6) is -2.11. The molecule has 1 aliphatic heterocycles. The third-order valence-electron chi connectivity index (χ3n) is 7.18. The van der Waals surface area contributed by atoms with Crippen LogP contribution in [0.15, 0.2) is 77.7 Å². The Labute approximate surface area is 243 Å². The topological polar surface area (TPSA) is 182 Å². The number of nitrogen functional groups attached to an aromatic ring is 1. The Morgan fingerprint density at radius 2 is 1.98 bits per heavy atom. The first-order chi connectivity index (χ1) is 20.7. The molecule has 2 amide bonds. The highest BCUT2D eigenvalue weighted by Gasteiger charge is 2.47. The SMILES string of the molecule is Nc1noc2cc(CC(O)(CNC(=O)c3ccccc3O)[C@H]3OCCN(c4ccn(-c5ccncc5)n4)C3=O)cc(F)c12. The van der Waals surface area contributed by atoms with Gasteiger partial charge in [0.05, 0.1) is 30.9 Å². The predicted molar refractivity (Wildman–Crippen MR) is 151 cm³/mol. The van der Waals surface area contributed by atoms with Crippen molar-refractivity contribution in [1.82, 2.24) is 25.2 Å². The van der Waals surface area contributed by atoms with Crippen molar-refractivity contribution < 1.29 is 33.5 Å². The number of aromatic nitrogens is 4. The van der Waals surface area contributed by atoms with Crippen molar-refractivity contribution in [2.45, 2.75) is 18.1 Å². The number of para-hydroxylation sites is 1. The van der Waals surface area contributed by atoms with E-state index in [0.717, 1.165) is 11.8 Å². The zero-order valence-corrected chi connectivity index (χ0v) is 22.6. The lowest BCUT2D eigenvalue weighted by molar-refractivity contribution is -0.157. The van der Waals surface area contributed by atoms with Gasteiger partial charge in [0.15, 0.2) is 23.3 Å². The van der Waals surface area contributed by atoms with Gasteiger partial charge in [-0.2, -0.15) is 0 Å². The Hall–Kier alpha value is -5.34. The van der Waals surface area contributed by atoms with Crippen LogP contribution in [0.4, 0.5) is 16.0 Å². The molecule has 0 saturated carbocycles. The second-order valence-electron chi connectivity index (χ2n) is 10.1. The number of carbonyl (C=O) groups is 2. The summed E-state index contributed by atoms with van der Waals surface area (Å²) in [7, 11) is 0. The third kappa shape index (κ3) is 5.36. The molecule has 1 saturated heterocycles. The number of ether oxygens (including phenoxy) is 1. The molecule has 5 aromatic rings. The van der Waals surface area contributed by atoms with Crippen LogP contribution < -0.4 is 16.0 Å². The van der Waals surface area contributed by atoms with Crippen LogP contribution >= 0.6 is 0 Å². The molecule has 0 radical (unpaired) electrons. The van der Waals surface area contributed by atoms with Crippen molar-refractivity contribution in [3.05, 3.63) is 90.1 Å². The van der Waals surface area contributed by atoms with E-state index in [2.05, 4.69) is 20.6 Å². The van der Waals surface area contributed by atoms with Crippen LogP contribution in [0, 0.1) is 5.82 Å². The number of phenols is 1.